The van der Waals surface area contributed by atoms with Crippen molar-refractivity contribution < 1.29 is 19.4 Å². The topological polar surface area (TPSA) is 71.9 Å². The predicted octanol–water partition coefficient (Wildman–Crippen LogP) is 1.92. The van der Waals surface area contributed by atoms with Crippen molar-refractivity contribution in [3.63, 3.8) is 0 Å². The van der Waals surface area contributed by atoms with Gasteiger partial charge < -0.3 is 19.5 Å². The van der Waals surface area contributed by atoms with Crippen LogP contribution in [-0.2, 0) is 9.47 Å². The first-order valence-corrected chi connectivity index (χ1v) is 6.52. The Morgan fingerprint density at radius 1 is 1.50 bits per heavy atom. The lowest BCUT2D eigenvalue weighted by molar-refractivity contribution is 0.0697. The lowest BCUT2D eigenvalue weighted by atomic mass is 10.2. The van der Waals surface area contributed by atoms with Crippen molar-refractivity contribution in [2.45, 2.75) is 13.0 Å². The van der Waals surface area contributed by atoms with Gasteiger partial charge in [-0.05, 0) is 13.0 Å². The summed E-state index contributed by atoms with van der Waals surface area (Å²) in [5, 5.41) is 9.23. The van der Waals surface area contributed by atoms with Crippen molar-refractivity contribution in [3.05, 3.63) is 22.8 Å². The molecule has 7 heteroatoms. The molecule has 1 unspecified atom stereocenters. The number of aromatic nitrogens is 1. The van der Waals surface area contributed by atoms with Gasteiger partial charge in [0.05, 0.1) is 29.8 Å². The van der Waals surface area contributed by atoms with Gasteiger partial charge in [-0.2, -0.15) is 0 Å². The number of rotatable bonds is 8. The van der Waals surface area contributed by atoms with Crippen LogP contribution in [0.25, 0.3) is 0 Å². The Hall–Kier alpha value is -1.37. The lowest BCUT2D eigenvalue weighted by Gasteiger charge is -2.29. The van der Waals surface area contributed by atoms with E-state index in [9.17, 15) is 4.79 Å². The highest BCUT2D eigenvalue weighted by molar-refractivity contribution is 6.33. The zero-order chi connectivity index (χ0) is 15.1. The predicted molar refractivity (Wildman–Crippen MR) is 76.8 cm³/mol. The zero-order valence-corrected chi connectivity index (χ0v) is 12.6. The standard InChI is InChI=1S/C13H19ClN2O4/c1-9(8-20-3)16(4-5-19-2)12-6-10(13(17)18)11(14)7-15-12/h6-7,9H,4-5,8H2,1-3H3,(H,17,18). The molecular formula is C13H19ClN2O4. The van der Waals surface area contributed by atoms with E-state index in [1.807, 2.05) is 11.8 Å². The van der Waals surface area contributed by atoms with Gasteiger partial charge in [-0.3, -0.25) is 0 Å². The maximum atomic E-state index is 11.1. The fraction of sp³-hybridized carbons (Fsp3) is 0.538. The minimum atomic E-state index is -1.08. The summed E-state index contributed by atoms with van der Waals surface area (Å²) in [6.45, 7) is 3.54. The van der Waals surface area contributed by atoms with Crippen LogP contribution in [0.15, 0.2) is 12.3 Å². The molecule has 112 valence electrons. The molecule has 1 aromatic heterocycles. The van der Waals surface area contributed by atoms with Gasteiger partial charge in [-0.15, -0.1) is 0 Å². The minimum Gasteiger partial charge on any atom is -0.478 e. The summed E-state index contributed by atoms with van der Waals surface area (Å²) in [4.78, 5) is 17.2. The number of hydrogen-bond donors (Lipinski definition) is 1. The molecule has 0 amide bonds. The number of aromatic carboxylic acids is 1. The van der Waals surface area contributed by atoms with Gasteiger partial charge in [0.1, 0.15) is 5.82 Å². The van der Waals surface area contributed by atoms with E-state index in [1.54, 1.807) is 14.2 Å². The molecule has 0 aliphatic carbocycles. The summed E-state index contributed by atoms with van der Waals surface area (Å²) in [6.07, 6.45) is 1.35. The molecular weight excluding hydrogens is 284 g/mol. The van der Waals surface area contributed by atoms with Gasteiger partial charge in [0.15, 0.2) is 0 Å². The second-order valence-electron chi connectivity index (χ2n) is 4.32. The smallest absolute Gasteiger partial charge is 0.337 e. The van der Waals surface area contributed by atoms with E-state index in [0.29, 0.717) is 25.6 Å². The van der Waals surface area contributed by atoms with Crippen molar-refractivity contribution in [2.24, 2.45) is 0 Å². The van der Waals surface area contributed by atoms with E-state index in [-0.39, 0.29) is 16.6 Å². The van der Waals surface area contributed by atoms with Crippen LogP contribution in [-0.4, -0.2) is 56.1 Å². The van der Waals surface area contributed by atoms with Crippen LogP contribution in [0.2, 0.25) is 5.02 Å². The number of methoxy groups -OCH3 is 2. The van der Waals surface area contributed by atoms with Crippen molar-refractivity contribution >= 4 is 23.4 Å². The van der Waals surface area contributed by atoms with Crippen LogP contribution in [0.1, 0.15) is 17.3 Å². The van der Waals surface area contributed by atoms with Gasteiger partial charge in [-0.25, -0.2) is 9.78 Å². The molecule has 0 saturated carbocycles. The zero-order valence-electron chi connectivity index (χ0n) is 11.8. The summed E-state index contributed by atoms with van der Waals surface area (Å²) < 4.78 is 10.2. The van der Waals surface area contributed by atoms with E-state index in [4.69, 9.17) is 26.2 Å². The molecule has 1 rings (SSSR count). The van der Waals surface area contributed by atoms with Gasteiger partial charge in [0, 0.05) is 27.0 Å². The maximum Gasteiger partial charge on any atom is 0.337 e. The normalized spacial score (nSPS) is 12.2. The molecule has 1 aromatic rings. The van der Waals surface area contributed by atoms with Crippen molar-refractivity contribution in [1.29, 1.82) is 0 Å². The number of carbonyl (C=O) groups is 1. The molecule has 0 aliphatic rings. The second kappa shape index (κ2) is 8.04. The van der Waals surface area contributed by atoms with E-state index in [0.717, 1.165) is 0 Å². The first-order chi connectivity index (χ1) is 9.51. The summed E-state index contributed by atoms with van der Waals surface area (Å²) in [5.74, 6) is -0.543. The van der Waals surface area contributed by atoms with Gasteiger partial charge >= 0.3 is 5.97 Å². The number of carboxylic acids is 1. The molecule has 1 heterocycles. The summed E-state index contributed by atoms with van der Waals surface area (Å²) in [6, 6.07) is 1.50. The van der Waals surface area contributed by atoms with Crippen LogP contribution in [0.4, 0.5) is 5.82 Å². The number of halogens is 1. The van der Waals surface area contributed by atoms with Gasteiger partial charge in [0.25, 0.3) is 0 Å². The number of anilines is 1. The van der Waals surface area contributed by atoms with E-state index >= 15 is 0 Å². The highest BCUT2D eigenvalue weighted by Gasteiger charge is 2.18. The molecule has 0 bridgehead atoms. The molecule has 20 heavy (non-hydrogen) atoms. The third kappa shape index (κ3) is 4.33. The summed E-state index contributed by atoms with van der Waals surface area (Å²) >= 11 is 5.83. The van der Waals surface area contributed by atoms with Crippen LogP contribution < -0.4 is 4.90 Å². The third-order valence-corrected chi connectivity index (χ3v) is 3.14. The van der Waals surface area contributed by atoms with Crippen molar-refractivity contribution in [2.75, 3.05) is 38.9 Å². The van der Waals surface area contributed by atoms with E-state index in [1.165, 1.54) is 12.3 Å². The van der Waals surface area contributed by atoms with Crippen LogP contribution in [0, 0.1) is 0 Å². The first-order valence-electron chi connectivity index (χ1n) is 6.14. The Balaban J connectivity index is 3.06. The molecule has 0 radical (unpaired) electrons. The molecule has 0 aromatic carbocycles. The van der Waals surface area contributed by atoms with E-state index < -0.39 is 5.97 Å². The Morgan fingerprint density at radius 2 is 2.20 bits per heavy atom. The minimum absolute atomic E-state index is 0.0312. The highest BCUT2D eigenvalue weighted by Crippen LogP contribution is 2.22. The number of nitrogens with zero attached hydrogens (tertiary/aromatic N) is 2. The fourth-order valence-corrected chi connectivity index (χ4v) is 2.01. The fourth-order valence-electron chi connectivity index (χ4n) is 1.83. The number of pyridine rings is 1. The monoisotopic (exact) mass is 302 g/mol. The van der Waals surface area contributed by atoms with Crippen molar-refractivity contribution in [3.8, 4) is 0 Å². The number of hydrogen-bond acceptors (Lipinski definition) is 5. The Kier molecular flexibility index (Phi) is 6.70. The molecule has 1 atom stereocenters. The maximum absolute atomic E-state index is 11.1. The average Bonchev–Trinajstić information content (AvgIpc) is 2.40. The molecule has 6 nitrogen and oxygen atoms in total. The Bertz CT molecular complexity index is 456. The van der Waals surface area contributed by atoms with Crippen LogP contribution >= 0.6 is 11.6 Å². The average molecular weight is 303 g/mol. The number of ether oxygens (including phenoxy) is 2. The molecule has 1 N–H and O–H groups in total. The highest BCUT2D eigenvalue weighted by atomic mass is 35.5. The van der Waals surface area contributed by atoms with Crippen molar-refractivity contribution in [1.82, 2.24) is 4.98 Å². The second-order valence-corrected chi connectivity index (χ2v) is 4.73. The quantitative estimate of drug-likeness (QED) is 0.791. The molecule has 0 saturated heterocycles. The molecule has 0 fully saturated rings. The Morgan fingerprint density at radius 3 is 2.75 bits per heavy atom. The van der Waals surface area contributed by atoms with Crippen LogP contribution in [0.5, 0.6) is 0 Å². The van der Waals surface area contributed by atoms with Gasteiger partial charge in [-0.1, -0.05) is 11.6 Å². The first kappa shape index (κ1) is 16.7. The lowest BCUT2D eigenvalue weighted by Crippen LogP contribution is -2.39. The van der Waals surface area contributed by atoms with E-state index in [2.05, 4.69) is 4.98 Å². The molecule has 0 spiro atoms. The van der Waals surface area contributed by atoms with Crippen LogP contribution in [0.3, 0.4) is 0 Å². The SMILES string of the molecule is COCCN(c1cc(C(=O)O)c(Cl)cn1)C(C)COC. The summed E-state index contributed by atoms with van der Waals surface area (Å²) in [7, 11) is 3.22. The summed E-state index contributed by atoms with van der Waals surface area (Å²) in [5.41, 5.74) is 0.0312. The van der Waals surface area contributed by atoms with Gasteiger partial charge in [0.2, 0.25) is 0 Å². The number of carboxylic acid groups (broad SMARTS) is 1. The third-order valence-electron chi connectivity index (χ3n) is 2.84. The Labute approximate surface area is 123 Å². The largest absolute Gasteiger partial charge is 0.478 e. The molecule has 0 aliphatic heterocycles.